The number of pyridine rings is 1. The van der Waals surface area contributed by atoms with Gasteiger partial charge >= 0.3 is 5.97 Å². The second-order valence-corrected chi connectivity index (χ2v) is 6.99. The number of aliphatic hydroxyl groups excluding tert-OH is 3. The molecule has 0 radical (unpaired) electrons. The van der Waals surface area contributed by atoms with Crippen LogP contribution in [0.3, 0.4) is 0 Å². The number of fused-ring (bicyclic) bond motifs is 1. The molecule has 1 aliphatic rings. The molecule has 1 aromatic carbocycles. The molecule has 1 fully saturated rings. The SMILES string of the molecule is O=C(O)[C@H]1OC(Oc2c(I)cc(Cl)c3cccnc23)[C@H](O)[C@@H](O)[C@@H]1O. The molecule has 10 heteroatoms. The minimum absolute atomic E-state index is 0.220. The van der Waals surface area contributed by atoms with Crippen molar-refractivity contribution in [2.24, 2.45) is 0 Å². The first kappa shape index (κ1) is 18.5. The summed E-state index contributed by atoms with van der Waals surface area (Å²) in [6, 6.07) is 5.04. The van der Waals surface area contributed by atoms with Gasteiger partial charge in [0.15, 0.2) is 11.9 Å². The van der Waals surface area contributed by atoms with E-state index in [0.29, 0.717) is 19.5 Å². The maximum atomic E-state index is 11.2. The maximum Gasteiger partial charge on any atom is 0.335 e. The molecule has 0 bridgehead atoms. The summed E-state index contributed by atoms with van der Waals surface area (Å²) in [7, 11) is 0. The summed E-state index contributed by atoms with van der Waals surface area (Å²) in [5, 5.41) is 39.8. The van der Waals surface area contributed by atoms with Crippen LogP contribution in [-0.2, 0) is 9.53 Å². The van der Waals surface area contributed by atoms with E-state index in [2.05, 4.69) is 4.98 Å². The number of carboxylic acids is 1. The fraction of sp³-hybridized carbons (Fsp3) is 0.333. The standard InChI is InChI=1S/C15H13ClINO7/c16-6-4-7(17)12(8-5(6)2-1-3-18-8)24-15-11(21)9(19)10(20)13(25-15)14(22)23/h1-4,9-11,13,15,19-21H,(H,22,23)/t9-,10-,11+,13-,15?/m0/s1. The third-order valence-corrected chi connectivity index (χ3v) is 4.91. The molecule has 0 spiro atoms. The molecule has 1 unspecified atom stereocenters. The summed E-state index contributed by atoms with van der Waals surface area (Å²) in [6.07, 6.45) is -6.92. The first-order chi connectivity index (χ1) is 11.8. The number of rotatable bonds is 3. The fourth-order valence-electron chi connectivity index (χ4n) is 2.52. The van der Waals surface area contributed by atoms with Crippen molar-refractivity contribution in [1.29, 1.82) is 0 Å². The van der Waals surface area contributed by atoms with Crippen molar-refractivity contribution >= 4 is 51.1 Å². The van der Waals surface area contributed by atoms with E-state index in [9.17, 15) is 20.1 Å². The largest absolute Gasteiger partial charge is 0.479 e. The quantitative estimate of drug-likeness (QED) is 0.473. The number of aromatic nitrogens is 1. The summed E-state index contributed by atoms with van der Waals surface area (Å²) in [6.45, 7) is 0. The van der Waals surface area contributed by atoms with Crippen LogP contribution in [0.1, 0.15) is 0 Å². The topological polar surface area (TPSA) is 129 Å². The lowest BCUT2D eigenvalue weighted by atomic mass is 9.99. The molecule has 1 saturated heterocycles. The van der Waals surface area contributed by atoms with Crippen LogP contribution in [0.2, 0.25) is 5.02 Å². The zero-order chi connectivity index (χ0) is 18.3. The predicted octanol–water partition coefficient (Wildman–Crippen LogP) is 0.764. The van der Waals surface area contributed by atoms with E-state index in [1.165, 1.54) is 6.20 Å². The summed E-state index contributed by atoms with van der Waals surface area (Å²) in [5.41, 5.74) is 0.391. The van der Waals surface area contributed by atoms with Gasteiger partial charge in [0, 0.05) is 11.6 Å². The Labute approximate surface area is 160 Å². The van der Waals surface area contributed by atoms with Gasteiger partial charge in [-0.25, -0.2) is 4.79 Å². The van der Waals surface area contributed by atoms with Gasteiger partial charge in [-0.1, -0.05) is 11.6 Å². The van der Waals surface area contributed by atoms with E-state index >= 15 is 0 Å². The molecule has 1 aliphatic heterocycles. The number of hydrogen-bond acceptors (Lipinski definition) is 7. The smallest absolute Gasteiger partial charge is 0.335 e. The normalized spacial score (nSPS) is 29.6. The van der Waals surface area contributed by atoms with Crippen LogP contribution >= 0.6 is 34.2 Å². The Bertz CT molecular complexity index is 820. The number of ether oxygens (including phenoxy) is 2. The molecule has 2 heterocycles. The van der Waals surface area contributed by atoms with Gasteiger partial charge in [-0.15, -0.1) is 0 Å². The average Bonchev–Trinajstić information content (AvgIpc) is 2.58. The number of nitrogens with zero attached hydrogens (tertiary/aromatic N) is 1. The fourth-order valence-corrected chi connectivity index (χ4v) is 3.66. The second kappa shape index (κ2) is 7.17. The lowest BCUT2D eigenvalue weighted by Crippen LogP contribution is -2.61. The second-order valence-electron chi connectivity index (χ2n) is 5.42. The summed E-state index contributed by atoms with van der Waals surface area (Å²) in [4.78, 5) is 15.4. The van der Waals surface area contributed by atoms with Crippen molar-refractivity contribution in [3.63, 3.8) is 0 Å². The van der Waals surface area contributed by atoms with Crippen molar-refractivity contribution < 1.29 is 34.7 Å². The van der Waals surface area contributed by atoms with Crippen LogP contribution in [0.15, 0.2) is 24.4 Å². The van der Waals surface area contributed by atoms with Gasteiger partial charge in [0.2, 0.25) is 6.29 Å². The average molecular weight is 482 g/mol. The number of hydrogen-bond donors (Lipinski definition) is 4. The number of carbonyl (C=O) groups is 1. The molecule has 0 aliphatic carbocycles. The van der Waals surface area contributed by atoms with E-state index in [4.69, 9.17) is 26.2 Å². The van der Waals surface area contributed by atoms with Gasteiger partial charge in [-0.05, 0) is 40.8 Å². The number of halogens is 2. The van der Waals surface area contributed by atoms with Crippen molar-refractivity contribution in [3.05, 3.63) is 33.0 Å². The zero-order valence-electron chi connectivity index (χ0n) is 12.4. The minimum atomic E-state index is -1.79. The van der Waals surface area contributed by atoms with Crippen LogP contribution in [0.5, 0.6) is 5.75 Å². The monoisotopic (exact) mass is 481 g/mol. The first-order valence-corrected chi connectivity index (χ1v) is 8.58. The van der Waals surface area contributed by atoms with E-state index in [1.54, 1.807) is 18.2 Å². The van der Waals surface area contributed by atoms with Crippen LogP contribution in [0, 0.1) is 3.57 Å². The van der Waals surface area contributed by atoms with E-state index < -0.39 is 36.7 Å². The van der Waals surface area contributed by atoms with Crippen molar-refractivity contribution in [2.45, 2.75) is 30.7 Å². The van der Waals surface area contributed by atoms with Crippen LogP contribution in [0.25, 0.3) is 10.9 Å². The van der Waals surface area contributed by atoms with Gasteiger partial charge in [0.05, 0.1) is 8.59 Å². The summed E-state index contributed by atoms with van der Waals surface area (Å²) in [5.74, 6) is -1.27. The van der Waals surface area contributed by atoms with Gasteiger partial charge in [0.25, 0.3) is 0 Å². The van der Waals surface area contributed by atoms with Crippen LogP contribution in [0.4, 0.5) is 0 Å². The Hall–Kier alpha value is -1.24. The van der Waals surface area contributed by atoms with E-state index in [1.807, 2.05) is 22.6 Å². The Balaban J connectivity index is 1.99. The minimum Gasteiger partial charge on any atom is -0.479 e. The molecule has 2 aromatic rings. The molecule has 8 nitrogen and oxygen atoms in total. The number of carboxylic acid groups (broad SMARTS) is 1. The Morgan fingerprint density at radius 3 is 2.68 bits per heavy atom. The highest BCUT2D eigenvalue weighted by molar-refractivity contribution is 14.1. The highest BCUT2D eigenvalue weighted by atomic mass is 127. The number of benzene rings is 1. The van der Waals surface area contributed by atoms with Gasteiger partial charge < -0.3 is 29.9 Å². The Kier molecular flexibility index (Phi) is 5.32. The molecule has 25 heavy (non-hydrogen) atoms. The van der Waals surface area contributed by atoms with Crippen LogP contribution in [-0.4, -0.2) is 62.1 Å². The molecule has 3 rings (SSSR count). The van der Waals surface area contributed by atoms with Gasteiger partial charge in [-0.3, -0.25) is 4.98 Å². The van der Waals surface area contributed by atoms with Gasteiger partial charge in [0.1, 0.15) is 23.8 Å². The Morgan fingerprint density at radius 1 is 1.28 bits per heavy atom. The van der Waals surface area contributed by atoms with Gasteiger partial charge in [-0.2, -0.15) is 0 Å². The number of aliphatic carboxylic acids is 1. The first-order valence-electron chi connectivity index (χ1n) is 7.13. The molecular formula is C15H13ClINO7. The van der Waals surface area contributed by atoms with Crippen LogP contribution < -0.4 is 4.74 Å². The molecule has 0 amide bonds. The van der Waals surface area contributed by atoms with Crippen molar-refractivity contribution in [2.75, 3.05) is 0 Å². The Morgan fingerprint density at radius 2 is 2.00 bits per heavy atom. The maximum absolute atomic E-state index is 11.2. The van der Waals surface area contributed by atoms with E-state index in [-0.39, 0.29) is 5.75 Å². The van der Waals surface area contributed by atoms with Crippen molar-refractivity contribution in [1.82, 2.24) is 4.98 Å². The summed E-state index contributed by atoms with van der Waals surface area (Å²) < 4.78 is 11.3. The lowest BCUT2D eigenvalue weighted by molar-refractivity contribution is -0.271. The van der Waals surface area contributed by atoms with Crippen molar-refractivity contribution in [3.8, 4) is 5.75 Å². The molecule has 1 aromatic heterocycles. The lowest BCUT2D eigenvalue weighted by Gasteiger charge is -2.38. The highest BCUT2D eigenvalue weighted by Crippen LogP contribution is 2.36. The van der Waals surface area contributed by atoms with E-state index in [0.717, 1.165) is 0 Å². The molecular weight excluding hydrogens is 469 g/mol. The third-order valence-electron chi connectivity index (χ3n) is 3.80. The number of aliphatic hydroxyl groups is 3. The third kappa shape index (κ3) is 3.39. The molecule has 134 valence electrons. The molecule has 0 saturated carbocycles. The highest BCUT2D eigenvalue weighted by Gasteiger charge is 2.48. The molecule has 4 N–H and O–H groups in total. The summed E-state index contributed by atoms with van der Waals surface area (Å²) >= 11 is 8.13. The zero-order valence-corrected chi connectivity index (χ0v) is 15.3. The predicted molar refractivity (Wildman–Crippen MR) is 94.4 cm³/mol. The molecule has 5 atom stereocenters.